The molecule has 62 heavy (non-hydrogen) atoms. The summed E-state index contributed by atoms with van der Waals surface area (Å²) >= 11 is 1.91. The summed E-state index contributed by atoms with van der Waals surface area (Å²) in [6.07, 6.45) is 25.8. The minimum Gasteiger partial charge on any atom is -0.348 e. The second-order valence-electron chi connectivity index (χ2n) is 17.5. The van der Waals surface area contributed by atoms with Gasteiger partial charge in [-0.3, -0.25) is 4.99 Å². The predicted molar refractivity (Wildman–Crippen MR) is 263 cm³/mol. The largest absolute Gasteiger partial charge is 0.348 e. The van der Waals surface area contributed by atoms with Crippen LogP contribution in [0.15, 0.2) is 178 Å². The molecule has 7 aromatic rings. The molecule has 12 rings (SSSR count). The molecule has 304 valence electrons. The van der Waals surface area contributed by atoms with Crippen molar-refractivity contribution in [1.29, 1.82) is 0 Å². The number of nitrogens with one attached hydrogen (secondary N) is 1. The number of amidine groups is 2. The smallest absolute Gasteiger partial charge is 0.159 e. The van der Waals surface area contributed by atoms with Crippen LogP contribution in [-0.2, 0) is 0 Å². The van der Waals surface area contributed by atoms with Gasteiger partial charge in [0.1, 0.15) is 12.0 Å². The third kappa shape index (κ3) is 6.46. The van der Waals surface area contributed by atoms with E-state index in [-0.39, 0.29) is 18.0 Å². The molecule has 0 amide bonds. The van der Waals surface area contributed by atoms with Gasteiger partial charge in [0.15, 0.2) is 5.84 Å². The van der Waals surface area contributed by atoms with Crippen molar-refractivity contribution in [1.82, 2.24) is 9.88 Å². The summed E-state index contributed by atoms with van der Waals surface area (Å²) in [5.74, 6) is 1.97. The zero-order valence-electron chi connectivity index (χ0n) is 34.9. The van der Waals surface area contributed by atoms with Crippen molar-refractivity contribution >= 4 is 82.5 Å². The molecule has 5 aliphatic rings. The fraction of sp³-hybridized carbons (Fsp3) is 0.232. The van der Waals surface area contributed by atoms with Crippen molar-refractivity contribution < 1.29 is 0 Å². The highest BCUT2D eigenvalue weighted by Gasteiger charge is 2.34. The van der Waals surface area contributed by atoms with Crippen molar-refractivity contribution in [3.05, 3.63) is 180 Å². The number of fused-ring (bicyclic) bond motifs is 7. The third-order valence-electron chi connectivity index (χ3n) is 13.8. The molecule has 5 nitrogen and oxygen atoms in total. The Labute approximate surface area is 367 Å². The quantitative estimate of drug-likeness (QED) is 0.171. The van der Waals surface area contributed by atoms with Gasteiger partial charge in [0.05, 0.1) is 11.2 Å². The van der Waals surface area contributed by atoms with Crippen LogP contribution in [0.3, 0.4) is 0 Å². The molecule has 0 saturated heterocycles. The highest BCUT2D eigenvalue weighted by atomic mass is 32.1. The number of nitrogens with zero attached hydrogens (tertiary/aromatic N) is 4. The lowest BCUT2D eigenvalue weighted by atomic mass is 9.79. The molecule has 3 unspecified atom stereocenters. The summed E-state index contributed by atoms with van der Waals surface area (Å²) in [5.41, 5.74) is 11.1. The van der Waals surface area contributed by atoms with Crippen LogP contribution in [-0.4, -0.2) is 28.6 Å². The number of rotatable bonds is 7. The number of aromatic nitrogens is 1. The maximum Gasteiger partial charge on any atom is 0.159 e. The van der Waals surface area contributed by atoms with Gasteiger partial charge in [-0.05, 0) is 73.4 Å². The minimum absolute atomic E-state index is 0.102. The molecule has 1 saturated carbocycles. The van der Waals surface area contributed by atoms with E-state index < -0.39 is 0 Å². The van der Waals surface area contributed by atoms with Crippen molar-refractivity contribution in [2.45, 2.75) is 70.0 Å². The van der Waals surface area contributed by atoms with E-state index in [1.54, 1.807) is 0 Å². The normalized spacial score (nSPS) is 22.0. The SMILES string of the molecule is C1=CCC(C2=NC(c3ccccc3)=NC(C3=C(c4cccc5c4sc4ccc6c(c7ccccc7n6C6CCCCC6)c45)N=CC(C4=CCCC=C4c4ccccc4)C3)N2)C=C1. The number of benzene rings is 5. The van der Waals surface area contributed by atoms with Crippen molar-refractivity contribution in [2.75, 3.05) is 0 Å². The second-order valence-corrected chi connectivity index (χ2v) is 18.5. The first kappa shape index (κ1) is 37.4. The fourth-order valence-corrected chi connectivity index (χ4v) is 12.1. The molecule has 3 atom stereocenters. The van der Waals surface area contributed by atoms with Crippen LogP contribution < -0.4 is 5.32 Å². The van der Waals surface area contributed by atoms with Gasteiger partial charge in [-0.2, -0.15) is 0 Å². The van der Waals surface area contributed by atoms with E-state index in [1.807, 2.05) is 11.3 Å². The first-order chi connectivity index (χ1) is 30.8. The molecule has 0 radical (unpaired) electrons. The van der Waals surface area contributed by atoms with Crippen LogP contribution in [0.1, 0.15) is 80.5 Å². The van der Waals surface area contributed by atoms with Gasteiger partial charge in [0.2, 0.25) is 0 Å². The van der Waals surface area contributed by atoms with E-state index in [1.165, 1.54) is 102 Å². The summed E-state index contributed by atoms with van der Waals surface area (Å²) in [5, 5.41) is 9.34. The fourth-order valence-electron chi connectivity index (χ4n) is 10.9. The van der Waals surface area contributed by atoms with Gasteiger partial charge in [-0.15, -0.1) is 11.3 Å². The maximum absolute atomic E-state index is 5.59. The van der Waals surface area contributed by atoms with Gasteiger partial charge in [0, 0.05) is 77.3 Å². The average molecular weight is 824 g/mol. The van der Waals surface area contributed by atoms with Gasteiger partial charge in [0.25, 0.3) is 0 Å². The van der Waals surface area contributed by atoms with E-state index in [9.17, 15) is 0 Å². The Morgan fingerprint density at radius 3 is 2.31 bits per heavy atom. The number of para-hydroxylation sites is 1. The van der Waals surface area contributed by atoms with Crippen LogP contribution >= 0.6 is 11.3 Å². The highest BCUT2D eigenvalue weighted by molar-refractivity contribution is 7.26. The predicted octanol–water partition coefficient (Wildman–Crippen LogP) is 14.2. The summed E-state index contributed by atoms with van der Waals surface area (Å²) in [6, 6.07) is 42.7. The molecular formula is C56H49N5S. The molecule has 0 bridgehead atoms. The summed E-state index contributed by atoms with van der Waals surface area (Å²) in [4.78, 5) is 16.3. The highest BCUT2D eigenvalue weighted by Crippen LogP contribution is 2.48. The Hall–Kier alpha value is -6.37. The summed E-state index contributed by atoms with van der Waals surface area (Å²) < 4.78 is 5.30. The zero-order valence-corrected chi connectivity index (χ0v) is 35.7. The maximum atomic E-state index is 5.59. The van der Waals surface area contributed by atoms with Gasteiger partial charge >= 0.3 is 0 Å². The summed E-state index contributed by atoms with van der Waals surface area (Å²) in [7, 11) is 0. The van der Waals surface area contributed by atoms with Crippen LogP contribution in [0, 0.1) is 11.8 Å². The molecule has 6 heteroatoms. The molecule has 1 fully saturated rings. The van der Waals surface area contributed by atoms with Gasteiger partial charge in [-0.25, -0.2) is 9.98 Å². The molecule has 3 aliphatic carbocycles. The van der Waals surface area contributed by atoms with Crippen LogP contribution in [0.5, 0.6) is 0 Å². The van der Waals surface area contributed by atoms with E-state index in [0.29, 0.717) is 6.04 Å². The van der Waals surface area contributed by atoms with E-state index >= 15 is 0 Å². The molecule has 2 aliphatic heterocycles. The number of hydrogen-bond acceptors (Lipinski definition) is 5. The zero-order chi connectivity index (χ0) is 41.0. The number of aliphatic imine (C=N–C) groups is 3. The number of allylic oxidation sites excluding steroid dienone is 7. The van der Waals surface area contributed by atoms with Crippen LogP contribution in [0.25, 0.3) is 53.2 Å². The van der Waals surface area contributed by atoms with Crippen molar-refractivity contribution in [2.24, 2.45) is 26.8 Å². The molecule has 0 spiro atoms. The van der Waals surface area contributed by atoms with Crippen molar-refractivity contribution in [3.8, 4) is 0 Å². The third-order valence-corrected chi connectivity index (χ3v) is 15.0. The summed E-state index contributed by atoms with van der Waals surface area (Å²) in [6.45, 7) is 0. The standard InChI is InChI=1S/C56H49N5S/c1-5-18-36(19-6-1)41-26-13-14-27-42(41)39-34-46(56-59-54(37-20-7-2-8-21-37)58-55(60-56)38-22-9-3-10-23-38)52(57-35-39)45-30-17-29-44-51-49(62-53(44)45)33-32-48-50(51)43-28-15-16-31-47(43)61(48)40-24-11-4-12-25-40/h1-3,5-10,15-22,26-33,35,38-40,56H,4,11-14,23-25,34H2,(H,58,59,60). The lowest BCUT2D eigenvalue weighted by molar-refractivity contribution is 0.367. The molecule has 2 aromatic heterocycles. The Morgan fingerprint density at radius 1 is 0.677 bits per heavy atom. The Morgan fingerprint density at radius 2 is 1.47 bits per heavy atom. The average Bonchev–Trinajstić information content (AvgIpc) is 3.91. The lowest BCUT2D eigenvalue weighted by Crippen LogP contribution is -2.44. The van der Waals surface area contributed by atoms with Crippen molar-refractivity contribution in [3.63, 3.8) is 0 Å². The first-order valence-electron chi connectivity index (χ1n) is 22.7. The molecule has 4 heterocycles. The Kier molecular flexibility index (Phi) is 9.55. The van der Waals surface area contributed by atoms with Crippen LogP contribution in [0.2, 0.25) is 0 Å². The first-order valence-corrected chi connectivity index (χ1v) is 23.5. The molecule has 1 N–H and O–H groups in total. The second kappa shape index (κ2) is 15.8. The van der Waals surface area contributed by atoms with Gasteiger partial charge in [-0.1, -0.05) is 153 Å². The van der Waals surface area contributed by atoms with E-state index in [2.05, 4.69) is 168 Å². The molecule has 5 aromatic carbocycles. The van der Waals surface area contributed by atoms with E-state index in [4.69, 9.17) is 15.0 Å². The number of thiophene rings is 1. The monoisotopic (exact) mass is 823 g/mol. The van der Waals surface area contributed by atoms with E-state index in [0.717, 1.165) is 48.6 Å². The minimum atomic E-state index is -0.342. The Balaban J connectivity index is 1.05. The lowest BCUT2D eigenvalue weighted by Gasteiger charge is -2.33. The Bertz CT molecular complexity index is 3140. The molecular weight excluding hydrogens is 775 g/mol. The topological polar surface area (TPSA) is 54.0 Å². The number of hydrogen-bond donors (Lipinski definition) is 1. The van der Waals surface area contributed by atoms with Crippen LogP contribution in [0.4, 0.5) is 0 Å². The van der Waals surface area contributed by atoms with Gasteiger partial charge < -0.3 is 9.88 Å².